The summed E-state index contributed by atoms with van der Waals surface area (Å²) in [4.78, 5) is 0. The van der Waals surface area contributed by atoms with Gasteiger partial charge < -0.3 is 0 Å². The standard InChI is InChI=1S/C4H8N6S/c1-2-11-10(9-5-1)4-3-6-8-7-4/h3,5,9H,1-2H2,(H,6,7,8). The Bertz CT molecular complexity index is 204. The molecule has 0 saturated carbocycles. The Morgan fingerprint density at radius 1 is 1.64 bits per heavy atom. The quantitative estimate of drug-likeness (QED) is 0.486. The number of hydrogen-bond acceptors (Lipinski definition) is 6. The maximum absolute atomic E-state index is 3.91. The normalized spacial score (nSPS) is 18.7. The van der Waals surface area contributed by atoms with E-state index in [0.29, 0.717) is 0 Å². The first-order chi connectivity index (χ1) is 5.47. The molecular formula is C4H8N6S. The third-order valence-electron chi connectivity index (χ3n) is 1.24. The fraction of sp³-hybridized carbons (Fsp3) is 0.500. The number of aromatic nitrogens is 3. The molecule has 2 heterocycles. The molecule has 1 aliphatic rings. The summed E-state index contributed by atoms with van der Waals surface area (Å²) in [6.07, 6.45) is 1.66. The van der Waals surface area contributed by atoms with Gasteiger partial charge in [0.1, 0.15) is 0 Å². The van der Waals surface area contributed by atoms with E-state index < -0.39 is 0 Å². The fourth-order valence-corrected chi connectivity index (χ4v) is 1.49. The molecule has 1 fully saturated rings. The van der Waals surface area contributed by atoms with Crippen molar-refractivity contribution in [3.63, 3.8) is 0 Å². The van der Waals surface area contributed by atoms with Crippen molar-refractivity contribution < 1.29 is 0 Å². The smallest absolute Gasteiger partial charge is 0.196 e. The first-order valence-corrected chi connectivity index (χ1v) is 4.18. The van der Waals surface area contributed by atoms with Gasteiger partial charge in [0.2, 0.25) is 0 Å². The lowest BCUT2D eigenvalue weighted by atomic mass is 10.8. The fourth-order valence-electron chi connectivity index (χ4n) is 0.765. The molecule has 0 unspecified atom stereocenters. The monoisotopic (exact) mass is 172 g/mol. The molecule has 0 spiro atoms. The molecule has 6 nitrogen and oxygen atoms in total. The number of hydrogen-bond donors (Lipinski definition) is 3. The van der Waals surface area contributed by atoms with Crippen LogP contribution in [-0.4, -0.2) is 27.7 Å². The topological polar surface area (TPSA) is 68.9 Å². The minimum Gasteiger partial charge on any atom is -0.238 e. The van der Waals surface area contributed by atoms with Gasteiger partial charge in [-0.05, 0) is 11.9 Å². The lowest BCUT2D eigenvalue weighted by Crippen LogP contribution is -2.48. The van der Waals surface area contributed by atoms with Gasteiger partial charge in [-0.2, -0.15) is 15.8 Å². The number of hydrazine groups is 2. The molecule has 0 atom stereocenters. The zero-order chi connectivity index (χ0) is 7.52. The Morgan fingerprint density at radius 3 is 3.27 bits per heavy atom. The minimum absolute atomic E-state index is 0.780. The Morgan fingerprint density at radius 2 is 2.64 bits per heavy atom. The molecule has 3 N–H and O–H groups in total. The molecule has 0 aliphatic carbocycles. The van der Waals surface area contributed by atoms with Crippen LogP contribution in [0, 0.1) is 0 Å². The number of nitrogens with one attached hydrogen (secondary N) is 3. The number of rotatable bonds is 1. The Balaban J connectivity index is 2.04. The van der Waals surface area contributed by atoms with Crippen LogP contribution in [0.15, 0.2) is 6.20 Å². The van der Waals surface area contributed by atoms with Crippen LogP contribution in [-0.2, 0) is 0 Å². The summed E-state index contributed by atoms with van der Waals surface area (Å²) in [6.45, 7) is 0.957. The third kappa shape index (κ3) is 1.44. The van der Waals surface area contributed by atoms with Gasteiger partial charge in [-0.1, -0.05) is 0 Å². The summed E-state index contributed by atoms with van der Waals surface area (Å²) >= 11 is 1.66. The summed E-state index contributed by atoms with van der Waals surface area (Å²) in [5.41, 5.74) is 5.94. The van der Waals surface area contributed by atoms with E-state index in [-0.39, 0.29) is 0 Å². The second-order valence-electron chi connectivity index (χ2n) is 1.99. The van der Waals surface area contributed by atoms with Crippen LogP contribution < -0.4 is 15.4 Å². The largest absolute Gasteiger partial charge is 0.238 e. The second-order valence-corrected chi connectivity index (χ2v) is 3.03. The predicted octanol–water partition coefficient (Wildman–Crippen LogP) is -0.718. The van der Waals surface area contributed by atoms with Crippen molar-refractivity contribution in [3.8, 4) is 0 Å². The summed E-state index contributed by atoms with van der Waals surface area (Å²) in [5.74, 6) is 1.81. The molecule has 11 heavy (non-hydrogen) atoms. The molecule has 0 bridgehead atoms. The number of anilines is 1. The number of H-pyrrole nitrogens is 1. The molecule has 1 aromatic rings. The Kier molecular flexibility index (Phi) is 1.93. The van der Waals surface area contributed by atoms with Crippen molar-refractivity contribution in [1.82, 2.24) is 26.4 Å². The molecule has 1 aromatic heterocycles. The highest BCUT2D eigenvalue weighted by molar-refractivity contribution is 8.00. The van der Waals surface area contributed by atoms with Crippen LogP contribution in [0.25, 0.3) is 0 Å². The maximum atomic E-state index is 3.91. The van der Waals surface area contributed by atoms with Crippen molar-refractivity contribution in [2.24, 2.45) is 0 Å². The van der Waals surface area contributed by atoms with E-state index in [1.807, 2.05) is 4.41 Å². The van der Waals surface area contributed by atoms with Gasteiger partial charge in [-0.3, -0.25) is 0 Å². The molecule has 1 aliphatic heterocycles. The van der Waals surface area contributed by atoms with Crippen molar-refractivity contribution >= 4 is 17.8 Å². The van der Waals surface area contributed by atoms with Gasteiger partial charge in [0, 0.05) is 12.3 Å². The average molecular weight is 172 g/mol. The number of nitrogens with zero attached hydrogens (tertiary/aromatic N) is 3. The molecule has 1 saturated heterocycles. The highest BCUT2D eigenvalue weighted by Gasteiger charge is 2.12. The summed E-state index contributed by atoms with van der Waals surface area (Å²) in [5, 5.41) is 10.1. The molecule has 60 valence electrons. The van der Waals surface area contributed by atoms with Crippen LogP contribution in [0.4, 0.5) is 5.82 Å². The summed E-state index contributed by atoms with van der Waals surface area (Å²) < 4.78 is 1.83. The van der Waals surface area contributed by atoms with E-state index >= 15 is 0 Å². The van der Waals surface area contributed by atoms with Crippen molar-refractivity contribution in [3.05, 3.63) is 6.20 Å². The Labute approximate surface area is 67.8 Å². The second kappa shape index (κ2) is 3.07. The van der Waals surface area contributed by atoms with Gasteiger partial charge >= 0.3 is 0 Å². The van der Waals surface area contributed by atoms with E-state index in [1.54, 1.807) is 18.1 Å². The maximum Gasteiger partial charge on any atom is 0.196 e. The molecule has 0 amide bonds. The van der Waals surface area contributed by atoms with Crippen molar-refractivity contribution in [1.29, 1.82) is 0 Å². The van der Waals surface area contributed by atoms with Crippen molar-refractivity contribution in [2.45, 2.75) is 0 Å². The first kappa shape index (κ1) is 6.89. The first-order valence-electron chi connectivity index (χ1n) is 3.24. The van der Waals surface area contributed by atoms with Crippen molar-refractivity contribution in [2.75, 3.05) is 16.7 Å². The summed E-state index contributed by atoms with van der Waals surface area (Å²) in [6, 6.07) is 0. The zero-order valence-corrected chi connectivity index (χ0v) is 6.56. The van der Waals surface area contributed by atoms with Crippen LogP contribution in [0.1, 0.15) is 0 Å². The van der Waals surface area contributed by atoms with E-state index in [4.69, 9.17) is 0 Å². The van der Waals surface area contributed by atoms with Crippen LogP contribution in [0.5, 0.6) is 0 Å². The average Bonchev–Trinajstić information content (AvgIpc) is 2.58. The Hall–Kier alpha value is -0.790. The lowest BCUT2D eigenvalue weighted by Gasteiger charge is -2.25. The minimum atomic E-state index is 0.780. The van der Waals surface area contributed by atoms with E-state index in [2.05, 4.69) is 26.4 Å². The molecule has 7 heteroatoms. The molecular weight excluding hydrogens is 164 g/mol. The van der Waals surface area contributed by atoms with E-state index in [1.165, 1.54) is 0 Å². The van der Waals surface area contributed by atoms with Crippen LogP contribution in [0.2, 0.25) is 0 Å². The van der Waals surface area contributed by atoms with Crippen LogP contribution >= 0.6 is 11.9 Å². The highest BCUT2D eigenvalue weighted by atomic mass is 32.2. The predicted molar refractivity (Wildman–Crippen MR) is 42.5 cm³/mol. The van der Waals surface area contributed by atoms with Gasteiger partial charge in [0.25, 0.3) is 0 Å². The molecule has 2 rings (SSSR count). The highest BCUT2D eigenvalue weighted by Crippen LogP contribution is 2.15. The zero-order valence-electron chi connectivity index (χ0n) is 5.74. The lowest BCUT2D eigenvalue weighted by molar-refractivity contribution is 0.566. The molecule has 0 radical (unpaired) electrons. The van der Waals surface area contributed by atoms with Gasteiger partial charge in [0.15, 0.2) is 5.82 Å². The van der Waals surface area contributed by atoms with Gasteiger partial charge in [-0.15, -0.1) is 5.10 Å². The molecule has 0 aromatic carbocycles. The van der Waals surface area contributed by atoms with Crippen LogP contribution in [0.3, 0.4) is 0 Å². The van der Waals surface area contributed by atoms with E-state index in [0.717, 1.165) is 18.1 Å². The summed E-state index contributed by atoms with van der Waals surface area (Å²) in [7, 11) is 0. The SMILES string of the molecule is c1n[nH]nc1N1NNCCS1. The van der Waals surface area contributed by atoms with Gasteiger partial charge in [-0.25, -0.2) is 9.84 Å². The number of aromatic amines is 1. The van der Waals surface area contributed by atoms with E-state index in [9.17, 15) is 0 Å². The van der Waals surface area contributed by atoms with Gasteiger partial charge in [0.05, 0.1) is 6.20 Å². The third-order valence-corrected chi connectivity index (χ3v) is 2.16.